The summed E-state index contributed by atoms with van der Waals surface area (Å²) in [6, 6.07) is 0. The Balaban J connectivity index is 2.90. The molecule has 1 rings (SSSR count). The van der Waals surface area contributed by atoms with Crippen molar-refractivity contribution in [2.24, 2.45) is 0 Å². The Hall–Kier alpha value is -0.340. The Bertz CT molecular complexity index is 239. The summed E-state index contributed by atoms with van der Waals surface area (Å²) in [5, 5.41) is 0. The van der Waals surface area contributed by atoms with E-state index in [0.717, 1.165) is 32.1 Å². The molecule has 1 aliphatic heterocycles. The van der Waals surface area contributed by atoms with Crippen LogP contribution in [0.15, 0.2) is 12.7 Å². The molecule has 1 heterocycles. The molecule has 0 aromatic carbocycles. The fourth-order valence-electron chi connectivity index (χ4n) is 2.93. The molecule has 0 aliphatic carbocycles. The predicted octanol–water partition coefficient (Wildman–Crippen LogP) is 4.09. The van der Waals surface area contributed by atoms with Crippen molar-refractivity contribution in [1.29, 1.82) is 0 Å². The minimum absolute atomic E-state index is 0.150. The molecule has 0 radical (unpaired) electrons. The molecule has 17 heavy (non-hydrogen) atoms. The van der Waals surface area contributed by atoms with Crippen LogP contribution in [0.3, 0.4) is 0 Å². The maximum Gasteiger partial charge on any atom is 0.0979 e. The van der Waals surface area contributed by atoms with Crippen molar-refractivity contribution in [2.45, 2.75) is 83.7 Å². The highest BCUT2D eigenvalue weighted by molar-refractivity contribution is 4.98. The lowest BCUT2D eigenvalue weighted by atomic mass is 9.85. The second-order valence-electron chi connectivity index (χ2n) is 4.96. The van der Waals surface area contributed by atoms with Gasteiger partial charge in [0.25, 0.3) is 0 Å². The highest BCUT2D eigenvalue weighted by Crippen LogP contribution is 2.38. The summed E-state index contributed by atoms with van der Waals surface area (Å²) in [6.07, 6.45) is 7.61. The fraction of sp³-hybridized carbons (Fsp3) is 0.867. The van der Waals surface area contributed by atoms with Crippen LogP contribution in [0, 0.1) is 0 Å². The molecule has 0 aromatic heterocycles. The first-order chi connectivity index (χ1) is 8.17. The van der Waals surface area contributed by atoms with Gasteiger partial charge in [0.15, 0.2) is 0 Å². The predicted molar refractivity (Wildman–Crippen MR) is 72.2 cm³/mol. The standard InChI is InChI=1S/C15H28O2/c1-6-11-15(10-5)14(9-4)16-12(7-2)13(8-3)17-15/h6,12-14H,1,7-11H2,2-5H3. The SMILES string of the molecule is C=CCC1(CC)OC(CC)C(CC)OC1CC. The van der Waals surface area contributed by atoms with Gasteiger partial charge in [0.1, 0.15) is 0 Å². The normalized spacial score (nSPS) is 38.0. The van der Waals surface area contributed by atoms with Crippen LogP contribution in [0.4, 0.5) is 0 Å². The van der Waals surface area contributed by atoms with Gasteiger partial charge < -0.3 is 9.47 Å². The molecule has 2 heteroatoms. The lowest BCUT2D eigenvalue weighted by molar-refractivity contribution is -0.271. The molecule has 2 nitrogen and oxygen atoms in total. The molecule has 0 N–H and O–H groups in total. The summed E-state index contributed by atoms with van der Waals surface area (Å²) in [6.45, 7) is 12.6. The maximum absolute atomic E-state index is 6.42. The fourth-order valence-corrected chi connectivity index (χ4v) is 2.93. The van der Waals surface area contributed by atoms with Crippen molar-refractivity contribution < 1.29 is 9.47 Å². The smallest absolute Gasteiger partial charge is 0.0979 e. The molecule has 0 amide bonds. The zero-order valence-electron chi connectivity index (χ0n) is 11.9. The molecule has 0 spiro atoms. The first kappa shape index (κ1) is 14.7. The third-order valence-corrected chi connectivity index (χ3v) is 3.99. The third-order valence-electron chi connectivity index (χ3n) is 3.99. The third kappa shape index (κ3) is 2.92. The summed E-state index contributed by atoms with van der Waals surface area (Å²) < 4.78 is 12.7. The molecular formula is C15H28O2. The molecule has 4 atom stereocenters. The van der Waals surface area contributed by atoms with Crippen LogP contribution in [0.1, 0.15) is 59.8 Å². The van der Waals surface area contributed by atoms with Crippen LogP contribution in [-0.2, 0) is 9.47 Å². The van der Waals surface area contributed by atoms with Crippen LogP contribution in [0.2, 0.25) is 0 Å². The van der Waals surface area contributed by atoms with Crippen molar-refractivity contribution in [3.8, 4) is 0 Å². The number of hydrogen-bond acceptors (Lipinski definition) is 2. The van der Waals surface area contributed by atoms with Gasteiger partial charge in [0.2, 0.25) is 0 Å². The van der Waals surface area contributed by atoms with Crippen LogP contribution in [0.25, 0.3) is 0 Å². The number of ether oxygens (including phenoxy) is 2. The summed E-state index contributed by atoms with van der Waals surface area (Å²) >= 11 is 0. The minimum Gasteiger partial charge on any atom is -0.369 e. The second kappa shape index (κ2) is 6.55. The molecule has 1 fully saturated rings. The van der Waals surface area contributed by atoms with E-state index in [0.29, 0.717) is 0 Å². The topological polar surface area (TPSA) is 18.5 Å². The summed E-state index contributed by atoms with van der Waals surface area (Å²) in [5.74, 6) is 0. The highest BCUT2D eigenvalue weighted by atomic mass is 16.6. The van der Waals surface area contributed by atoms with E-state index in [4.69, 9.17) is 9.47 Å². The Morgan fingerprint density at radius 2 is 1.71 bits per heavy atom. The van der Waals surface area contributed by atoms with E-state index in [1.165, 1.54) is 0 Å². The zero-order chi connectivity index (χ0) is 12.9. The molecule has 1 aliphatic rings. The van der Waals surface area contributed by atoms with Gasteiger partial charge in [0.05, 0.1) is 23.9 Å². The first-order valence-corrected chi connectivity index (χ1v) is 7.11. The molecule has 0 aromatic rings. The quantitative estimate of drug-likeness (QED) is 0.651. The van der Waals surface area contributed by atoms with Crippen molar-refractivity contribution in [3.05, 3.63) is 12.7 Å². The van der Waals surface area contributed by atoms with E-state index in [1.54, 1.807) is 0 Å². The largest absolute Gasteiger partial charge is 0.369 e. The maximum atomic E-state index is 6.42. The average molecular weight is 240 g/mol. The van der Waals surface area contributed by atoms with Gasteiger partial charge in [-0.1, -0.05) is 33.8 Å². The van der Waals surface area contributed by atoms with Gasteiger partial charge in [-0.25, -0.2) is 0 Å². The van der Waals surface area contributed by atoms with Crippen LogP contribution >= 0.6 is 0 Å². The highest BCUT2D eigenvalue weighted by Gasteiger charge is 2.46. The van der Waals surface area contributed by atoms with Crippen molar-refractivity contribution in [1.82, 2.24) is 0 Å². The summed E-state index contributed by atoms with van der Waals surface area (Å²) in [5.41, 5.74) is -0.150. The van der Waals surface area contributed by atoms with Gasteiger partial charge in [0, 0.05) is 0 Å². The van der Waals surface area contributed by atoms with Gasteiger partial charge in [-0.2, -0.15) is 0 Å². The lowest BCUT2D eigenvalue weighted by Gasteiger charge is -2.49. The molecule has 0 saturated carbocycles. The van der Waals surface area contributed by atoms with E-state index >= 15 is 0 Å². The van der Waals surface area contributed by atoms with E-state index < -0.39 is 0 Å². The van der Waals surface area contributed by atoms with E-state index in [2.05, 4.69) is 34.3 Å². The lowest BCUT2D eigenvalue weighted by Crippen LogP contribution is -2.57. The Morgan fingerprint density at radius 3 is 2.12 bits per heavy atom. The second-order valence-corrected chi connectivity index (χ2v) is 4.96. The average Bonchev–Trinajstić information content (AvgIpc) is 2.38. The van der Waals surface area contributed by atoms with Crippen molar-refractivity contribution in [2.75, 3.05) is 0 Å². The Labute approximate surface area is 106 Å². The van der Waals surface area contributed by atoms with Crippen molar-refractivity contribution >= 4 is 0 Å². The minimum atomic E-state index is -0.150. The molecule has 4 unspecified atom stereocenters. The van der Waals surface area contributed by atoms with E-state index in [9.17, 15) is 0 Å². The Kier molecular flexibility index (Phi) is 5.68. The molecule has 0 bridgehead atoms. The van der Waals surface area contributed by atoms with Gasteiger partial charge in [-0.3, -0.25) is 0 Å². The van der Waals surface area contributed by atoms with E-state index in [-0.39, 0.29) is 23.9 Å². The number of rotatable bonds is 6. The monoisotopic (exact) mass is 240 g/mol. The van der Waals surface area contributed by atoms with Crippen LogP contribution in [-0.4, -0.2) is 23.9 Å². The molecule has 100 valence electrons. The van der Waals surface area contributed by atoms with Gasteiger partial charge >= 0.3 is 0 Å². The molecule has 1 saturated heterocycles. The van der Waals surface area contributed by atoms with Crippen LogP contribution in [0.5, 0.6) is 0 Å². The zero-order valence-corrected chi connectivity index (χ0v) is 11.9. The van der Waals surface area contributed by atoms with Crippen molar-refractivity contribution in [3.63, 3.8) is 0 Å². The molecular weight excluding hydrogens is 212 g/mol. The summed E-state index contributed by atoms with van der Waals surface area (Å²) in [7, 11) is 0. The van der Waals surface area contributed by atoms with Gasteiger partial charge in [-0.15, -0.1) is 6.58 Å². The summed E-state index contributed by atoms with van der Waals surface area (Å²) in [4.78, 5) is 0. The first-order valence-electron chi connectivity index (χ1n) is 7.11. The van der Waals surface area contributed by atoms with Crippen LogP contribution < -0.4 is 0 Å². The Morgan fingerprint density at radius 1 is 1.06 bits per heavy atom. The van der Waals surface area contributed by atoms with E-state index in [1.807, 2.05) is 6.08 Å². The van der Waals surface area contributed by atoms with Gasteiger partial charge in [-0.05, 0) is 32.1 Å². The number of hydrogen-bond donors (Lipinski definition) is 0.